The molecule has 4 N–H and O–H groups in total. The molecular formula is C13H16N4O3S2. The number of carbonyl (C=O) groups excluding carboxylic acids is 1. The van der Waals surface area contributed by atoms with Crippen LogP contribution in [0.1, 0.15) is 10.7 Å². The maximum atomic E-state index is 11.7. The van der Waals surface area contributed by atoms with Crippen molar-refractivity contribution < 1.29 is 13.2 Å². The van der Waals surface area contributed by atoms with Crippen LogP contribution in [0.2, 0.25) is 0 Å². The molecule has 1 aromatic carbocycles. The van der Waals surface area contributed by atoms with Crippen molar-refractivity contribution in [1.29, 1.82) is 0 Å². The standard InChI is InChI=1S/C13H16N4O3S2/c1-9-8-21-12(16-9)5-6-15-13(18)17-10-3-2-4-11(7-10)22(14,19)20/h2-4,7-8H,5-6H2,1H3,(H2,14,19,20)(H2,15,17,18). The van der Waals surface area contributed by atoms with Gasteiger partial charge in [0, 0.05) is 29.7 Å². The number of rotatable bonds is 5. The van der Waals surface area contributed by atoms with Crippen LogP contribution in [0.25, 0.3) is 0 Å². The van der Waals surface area contributed by atoms with Gasteiger partial charge in [0.25, 0.3) is 0 Å². The number of hydrogen-bond donors (Lipinski definition) is 3. The van der Waals surface area contributed by atoms with Crippen molar-refractivity contribution in [3.63, 3.8) is 0 Å². The number of thiazole rings is 1. The summed E-state index contributed by atoms with van der Waals surface area (Å²) in [5, 5.41) is 13.2. The van der Waals surface area contributed by atoms with E-state index in [2.05, 4.69) is 15.6 Å². The van der Waals surface area contributed by atoms with Crippen LogP contribution >= 0.6 is 11.3 Å². The van der Waals surface area contributed by atoms with E-state index in [1.807, 2.05) is 12.3 Å². The van der Waals surface area contributed by atoms with Crippen LogP contribution in [-0.4, -0.2) is 26.0 Å². The molecule has 7 nitrogen and oxygen atoms in total. The molecule has 2 rings (SSSR count). The number of amides is 2. The summed E-state index contributed by atoms with van der Waals surface area (Å²) in [5.41, 5.74) is 1.32. The smallest absolute Gasteiger partial charge is 0.319 e. The highest BCUT2D eigenvalue weighted by atomic mass is 32.2. The van der Waals surface area contributed by atoms with E-state index in [4.69, 9.17) is 5.14 Å². The third-order valence-corrected chi connectivity index (χ3v) is 4.65. The molecule has 2 amide bonds. The highest BCUT2D eigenvalue weighted by Gasteiger charge is 2.09. The van der Waals surface area contributed by atoms with Crippen molar-refractivity contribution in [2.45, 2.75) is 18.2 Å². The van der Waals surface area contributed by atoms with Crippen LogP contribution in [0.5, 0.6) is 0 Å². The van der Waals surface area contributed by atoms with Gasteiger partial charge in [-0.05, 0) is 25.1 Å². The molecule has 0 bridgehead atoms. The molecule has 0 fully saturated rings. The fourth-order valence-electron chi connectivity index (χ4n) is 1.73. The number of nitrogens with one attached hydrogen (secondary N) is 2. The van der Waals surface area contributed by atoms with Crippen LogP contribution < -0.4 is 15.8 Å². The second-order valence-electron chi connectivity index (χ2n) is 4.59. The fraction of sp³-hybridized carbons (Fsp3) is 0.231. The summed E-state index contributed by atoms with van der Waals surface area (Å²) in [6.45, 7) is 2.35. The van der Waals surface area contributed by atoms with Gasteiger partial charge in [0.05, 0.1) is 9.90 Å². The van der Waals surface area contributed by atoms with E-state index in [9.17, 15) is 13.2 Å². The zero-order valence-corrected chi connectivity index (χ0v) is 13.5. The first-order valence-corrected chi connectivity index (χ1v) is 8.86. The molecule has 1 heterocycles. The molecule has 0 atom stereocenters. The number of aryl methyl sites for hydroxylation is 1. The number of sulfonamides is 1. The Labute approximate surface area is 132 Å². The van der Waals surface area contributed by atoms with Gasteiger partial charge in [0.2, 0.25) is 10.0 Å². The Bertz CT molecular complexity index is 771. The molecule has 0 unspecified atom stereocenters. The van der Waals surface area contributed by atoms with Gasteiger partial charge in [-0.15, -0.1) is 11.3 Å². The number of aromatic nitrogens is 1. The molecule has 0 saturated heterocycles. The molecule has 9 heteroatoms. The molecule has 0 aliphatic rings. The van der Waals surface area contributed by atoms with E-state index < -0.39 is 16.1 Å². The molecule has 0 aliphatic carbocycles. The third kappa shape index (κ3) is 4.79. The van der Waals surface area contributed by atoms with E-state index in [-0.39, 0.29) is 4.90 Å². The largest absolute Gasteiger partial charge is 0.337 e. The van der Waals surface area contributed by atoms with E-state index in [0.29, 0.717) is 18.7 Å². The van der Waals surface area contributed by atoms with Gasteiger partial charge in [-0.1, -0.05) is 6.07 Å². The van der Waals surface area contributed by atoms with Crippen LogP contribution in [0.4, 0.5) is 10.5 Å². The highest BCUT2D eigenvalue weighted by Crippen LogP contribution is 2.14. The molecule has 2 aromatic rings. The Hall–Kier alpha value is -1.97. The number of carbonyl (C=O) groups is 1. The first-order chi connectivity index (χ1) is 10.3. The van der Waals surface area contributed by atoms with Crippen molar-refractivity contribution in [2.75, 3.05) is 11.9 Å². The molecule has 0 spiro atoms. The van der Waals surface area contributed by atoms with E-state index >= 15 is 0 Å². The van der Waals surface area contributed by atoms with Gasteiger partial charge >= 0.3 is 6.03 Å². The van der Waals surface area contributed by atoms with E-state index in [1.165, 1.54) is 18.2 Å². The van der Waals surface area contributed by atoms with Crippen molar-refractivity contribution >= 4 is 33.1 Å². The Morgan fingerprint density at radius 3 is 2.82 bits per heavy atom. The van der Waals surface area contributed by atoms with Crippen LogP contribution in [0.15, 0.2) is 34.5 Å². The van der Waals surface area contributed by atoms with E-state index in [1.54, 1.807) is 17.4 Å². The number of urea groups is 1. The SMILES string of the molecule is Cc1csc(CCNC(=O)Nc2cccc(S(N)(=O)=O)c2)n1. The Kier molecular flexibility index (Phi) is 5.11. The molecule has 0 radical (unpaired) electrons. The van der Waals surface area contributed by atoms with Gasteiger partial charge < -0.3 is 10.6 Å². The lowest BCUT2D eigenvalue weighted by molar-refractivity contribution is 0.252. The predicted octanol–water partition coefficient (Wildman–Crippen LogP) is 1.46. The zero-order chi connectivity index (χ0) is 16.2. The highest BCUT2D eigenvalue weighted by molar-refractivity contribution is 7.89. The summed E-state index contributed by atoms with van der Waals surface area (Å²) in [7, 11) is -3.79. The number of nitrogens with zero attached hydrogens (tertiary/aromatic N) is 1. The molecule has 0 aliphatic heterocycles. The number of hydrogen-bond acceptors (Lipinski definition) is 5. The Balaban J connectivity index is 1.87. The van der Waals surface area contributed by atoms with Gasteiger partial charge in [0.1, 0.15) is 0 Å². The van der Waals surface area contributed by atoms with Crippen molar-refractivity contribution in [3.8, 4) is 0 Å². The lowest BCUT2D eigenvalue weighted by Gasteiger charge is -2.08. The minimum Gasteiger partial charge on any atom is -0.337 e. The van der Waals surface area contributed by atoms with Crippen molar-refractivity contribution in [2.24, 2.45) is 5.14 Å². The van der Waals surface area contributed by atoms with Crippen LogP contribution in [0, 0.1) is 6.92 Å². The van der Waals surface area contributed by atoms with Crippen LogP contribution in [0.3, 0.4) is 0 Å². The van der Waals surface area contributed by atoms with Crippen molar-refractivity contribution in [1.82, 2.24) is 10.3 Å². The average molecular weight is 340 g/mol. The number of primary sulfonamides is 1. The number of benzene rings is 1. The lowest BCUT2D eigenvalue weighted by Crippen LogP contribution is -2.30. The molecule has 22 heavy (non-hydrogen) atoms. The van der Waals surface area contributed by atoms with Gasteiger partial charge in [-0.3, -0.25) is 0 Å². The van der Waals surface area contributed by atoms with Gasteiger partial charge in [-0.2, -0.15) is 0 Å². The minimum absolute atomic E-state index is 0.0523. The quantitative estimate of drug-likeness (QED) is 0.764. The molecular weight excluding hydrogens is 324 g/mol. The van der Waals surface area contributed by atoms with Crippen molar-refractivity contribution in [3.05, 3.63) is 40.3 Å². The van der Waals surface area contributed by atoms with E-state index in [0.717, 1.165) is 10.7 Å². The Morgan fingerprint density at radius 2 is 2.18 bits per heavy atom. The molecule has 118 valence electrons. The molecule has 1 aromatic heterocycles. The maximum absolute atomic E-state index is 11.7. The summed E-state index contributed by atoms with van der Waals surface area (Å²) < 4.78 is 22.5. The molecule has 0 saturated carbocycles. The normalized spacial score (nSPS) is 11.2. The lowest BCUT2D eigenvalue weighted by atomic mass is 10.3. The predicted molar refractivity (Wildman–Crippen MR) is 85.4 cm³/mol. The summed E-state index contributed by atoms with van der Waals surface area (Å²) in [4.78, 5) is 16.0. The maximum Gasteiger partial charge on any atom is 0.319 e. The first-order valence-electron chi connectivity index (χ1n) is 6.43. The summed E-state index contributed by atoms with van der Waals surface area (Å²) in [5.74, 6) is 0. The second kappa shape index (κ2) is 6.86. The number of anilines is 1. The monoisotopic (exact) mass is 340 g/mol. The summed E-state index contributed by atoms with van der Waals surface area (Å²) in [6, 6.07) is 5.34. The van der Waals surface area contributed by atoms with Crippen LogP contribution in [-0.2, 0) is 16.4 Å². The van der Waals surface area contributed by atoms with Gasteiger partial charge in [-0.25, -0.2) is 23.3 Å². The number of nitrogens with two attached hydrogens (primary N) is 1. The minimum atomic E-state index is -3.79. The second-order valence-corrected chi connectivity index (χ2v) is 7.09. The topological polar surface area (TPSA) is 114 Å². The summed E-state index contributed by atoms with van der Waals surface area (Å²) in [6.07, 6.45) is 0.642. The third-order valence-electron chi connectivity index (χ3n) is 2.71. The fourth-order valence-corrected chi connectivity index (χ4v) is 3.06. The van der Waals surface area contributed by atoms with Gasteiger partial charge in [0.15, 0.2) is 0 Å². The first kappa shape index (κ1) is 16.4. The zero-order valence-electron chi connectivity index (χ0n) is 11.9. The Morgan fingerprint density at radius 1 is 1.41 bits per heavy atom. The summed E-state index contributed by atoms with van der Waals surface area (Å²) >= 11 is 1.55. The average Bonchev–Trinajstić information content (AvgIpc) is 2.84.